The maximum Gasteiger partial charge on any atom is 0.262 e. The van der Waals surface area contributed by atoms with E-state index in [9.17, 15) is 32.4 Å². The lowest BCUT2D eigenvalue weighted by Gasteiger charge is -2.38. The number of amides is 5. The van der Waals surface area contributed by atoms with Crippen LogP contribution in [-0.2, 0) is 34.4 Å². The molecule has 72 heavy (non-hydrogen) atoms. The molecule has 5 amide bonds. The van der Waals surface area contributed by atoms with Crippen LogP contribution in [-0.4, -0.2) is 133 Å². The van der Waals surface area contributed by atoms with Crippen LogP contribution in [0.2, 0.25) is 5.02 Å². The van der Waals surface area contributed by atoms with E-state index >= 15 is 0 Å². The molecule has 1 spiro atoms. The number of hydrogen-bond donors (Lipinski definition) is 3. The summed E-state index contributed by atoms with van der Waals surface area (Å²) in [6, 6.07) is 13.1. The normalized spacial score (nSPS) is 19.2. The van der Waals surface area contributed by atoms with Gasteiger partial charge in [0.1, 0.15) is 22.6 Å². The van der Waals surface area contributed by atoms with Crippen LogP contribution in [0.15, 0.2) is 59.6 Å². The van der Waals surface area contributed by atoms with Gasteiger partial charge in [0.25, 0.3) is 11.8 Å². The van der Waals surface area contributed by atoms with Crippen molar-refractivity contribution in [3.8, 4) is 11.5 Å². The molecule has 3 N–H and O–H groups in total. The smallest absolute Gasteiger partial charge is 0.262 e. The molecule has 5 aliphatic heterocycles. The van der Waals surface area contributed by atoms with Gasteiger partial charge >= 0.3 is 0 Å². The summed E-state index contributed by atoms with van der Waals surface area (Å²) in [5.74, 6) is -0.131. The number of halogens is 1. The number of nitrogens with zero attached hydrogens (tertiary/aromatic N) is 5. The molecule has 0 bridgehead atoms. The van der Waals surface area contributed by atoms with Crippen LogP contribution in [0.25, 0.3) is 0 Å². The van der Waals surface area contributed by atoms with Gasteiger partial charge in [-0.15, -0.1) is 0 Å². The van der Waals surface area contributed by atoms with Crippen molar-refractivity contribution in [3.05, 3.63) is 87.6 Å². The van der Waals surface area contributed by atoms with Crippen LogP contribution in [0.1, 0.15) is 116 Å². The van der Waals surface area contributed by atoms with E-state index in [1.165, 1.54) is 11.8 Å². The molecule has 0 radical (unpaired) electrons. The molecule has 6 heterocycles. The number of aryl methyl sites for hydroxylation is 1. The highest BCUT2D eigenvalue weighted by Gasteiger charge is 2.49. The van der Waals surface area contributed by atoms with Crippen molar-refractivity contribution in [1.82, 2.24) is 30.0 Å². The van der Waals surface area contributed by atoms with Gasteiger partial charge in [-0.25, -0.2) is 13.4 Å². The van der Waals surface area contributed by atoms with Crippen molar-refractivity contribution < 1.29 is 46.6 Å². The number of ether oxygens (including phenoxy) is 3. The fraction of sp³-hybridized carbons (Fsp3) is 0.481. The van der Waals surface area contributed by atoms with Crippen molar-refractivity contribution in [2.75, 3.05) is 63.2 Å². The molecule has 0 saturated carbocycles. The third-order valence-corrected chi connectivity index (χ3v) is 17.0. The SMILES string of the molecule is Cc1cc(Nc2ncc(Cl)c(Nc3ccccc3S(=O)(=O)C(C)C)n2)c(OC(C)C)cc1C1CCN(CCOCCC(=O)N2CCC3(CC2)COc2cc4c(cc23)C(=O)N(C2CCC(=O)NC2=O)C4=O)CC1. The first-order chi connectivity index (χ1) is 34.4. The van der Waals surface area contributed by atoms with Gasteiger partial charge in [-0.3, -0.25) is 34.2 Å². The maximum absolute atomic E-state index is 13.5. The third-order valence-electron chi connectivity index (χ3n) is 14.5. The van der Waals surface area contributed by atoms with Gasteiger partial charge in [0.05, 0.1) is 71.2 Å². The summed E-state index contributed by atoms with van der Waals surface area (Å²) in [5, 5.41) is 8.27. The highest BCUT2D eigenvalue weighted by Crippen LogP contribution is 2.48. The third kappa shape index (κ3) is 10.3. The minimum Gasteiger partial charge on any atom is -0.492 e. The number of aromatic nitrogens is 2. The molecule has 1 unspecified atom stereocenters. The van der Waals surface area contributed by atoms with Crippen molar-refractivity contribution in [2.24, 2.45) is 0 Å². The number of rotatable bonds is 16. The van der Waals surface area contributed by atoms with Gasteiger partial charge in [-0.1, -0.05) is 23.7 Å². The standard InChI is InChI=1S/C52H61ClN8O10S/c1-30(2)71-43-26-34(32(5)24-40(43)56-51-54-28-38(53)47(58-51)55-39-8-6-7-9-44(39)72(67,68)31(3)4)33-12-17-59(18-13-33)21-23-69-22-14-46(63)60-19-15-52(16-20-60)29-70-42-27-36-35(25-37(42)52)49(65)61(50(36)66)41-10-11-45(62)57-48(41)64/h6-9,24-28,30-31,33,41H,10-23,29H2,1-5H3,(H,57,62,64)(H2,54,55,56,58). The Kier molecular flexibility index (Phi) is 14.6. The van der Waals surface area contributed by atoms with E-state index in [4.69, 9.17) is 25.8 Å². The molecule has 5 aliphatic rings. The van der Waals surface area contributed by atoms with Crippen LogP contribution in [0.4, 0.5) is 23.1 Å². The zero-order valence-corrected chi connectivity index (χ0v) is 42.8. The molecule has 382 valence electrons. The molecule has 3 fully saturated rings. The first-order valence-electron chi connectivity index (χ1n) is 24.7. The quantitative estimate of drug-likeness (QED) is 0.0774. The van der Waals surface area contributed by atoms with Gasteiger partial charge in [0.2, 0.25) is 23.7 Å². The Morgan fingerprint density at radius 3 is 2.36 bits per heavy atom. The second-order valence-corrected chi connectivity index (χ2v) is 22.8. The van der Waals surface area contributed by atoms with Crippen LogP contribution in [0.5, 0.6) is 11.5 Å². The Morgan fingerprint density at radius 2 is 1.65 bits per heavy atom. The summed E-state index contributed by atoms with van der Waals surface area (Å²) in [4.78, 5) is 78.9. The lowest BCUT2D eigenvalue weighted by Crippen LogP contribution is -2.54. The molecule has 9 rings (SSSR count). The Balaban J connectivity index is 0.736. The van der Waals surface area contributed by atoms with E-state index in [0.29, 0.717) is 74.5 Å². The van der Waals surface area contributed by atoms with E-state index in [1.54, 1.807) is 50.2 Å². The lowest BCUT2D eigenvalue weighted by atomic mass is 9.73. The van der Waals surface area contributed by atoms with E-state index in [-0.39, 0.29) is 64.1 Å². The maximum atomic E-state index is 13.5. The van der Waals surface area contributed by atoms with Crippen molar-refractivity contribution in [1.29, 1.82) is 0 Å². The molecule has 1 atom stereocenters. The average Bonchev–Trinajstić information content (AvgIpc) is 3.81. The van der Waals surface area contributed by atoms with Crippen LogP contribution >= 0.6 is 11.6 Å². The Labute approximate surface area is 424 Å². The lowest BCUT2D eigenvalue weighted by molar-refractivity contribution is -0.136. The summed E-state index contributed by atoms with van der Waals surface area (Å²) in [5.41, 5.74) is 4.23. The van der Waals surface area contributed by atoms with Crippen LogP contribution in [0, 0.1) is 6.92 Å². The predicted molar refractivity (Wildman–Crippen MR) is 269 cm³/mol. The zero-order chi connectivity index (χ0) is 51.1. The molecule has 1 aromatic heterocycles. The van der Waals surface area contributed by atoms with E-state index in [1.807, 2.05) is 24.8 Å². The number of benzene rings is 3. The Hall–Kier alpha value is -6.15. The number of likely N-dealkylation sites (tertiary alicyclic amines) is 2. The largest absolute Gasteiger partial charge is 0.492 e. The molecular formula is C52H61ClN8O10S. The first kappa shape index (κ1) is 50.8. The topological polar surface area (TPSA) is 219 Å². The van der Waals surface area contributed by atoms with Gasteiger partial charge in [0.15, 0.2) is 15.7 Å². The Bertz CT molecular complexity index is 2920. The van der Waals surface area contributed by atoms with E-state index < -0.39 is 50.2 Å². The highest BCUT2D eigenvalue weighted by molar-refractivity contribution is 7.92. The number of sulfone groups is 1. The highest BCUT2D eigenvalue weighted by atomic mass is 35.5. The van der Waals surface area contributed by atoms with Crippen LogP contribution < -0.4 is 25.4 Å². The molecule has 20 heteroatoms. The first-order valence-corrected chi connectivity index (χ1v) is 26.7. The van der Waals surface area contributed by atoms with Gasteiger partial charge < -0.3 is 34.6 Å². The van der Waals surface area contributed by atoms with Crippen molar-refractivity contribution in [3.63, 3.8) is 0 Å². The minimum absolute atomic E-state index is 0.0254. The fourth-order valence-corrected chi connectivity index (χ4v) is 11.8. The summed E-state index contributed by atoms with van der Waals surface area (Å²) in [6.07, 6.45) is 4.96. The summed E-state index contributed by atoms with van der Waals surface area (Å²) >= 11 is 6.52. The summed E-state index contributed by atoms with van der Waals surface area (Å²) in [6.45, 7) is 14.1. The molecule has 18 nitrogen and oxygen atoms in total. The number of anilines is 4. The number of nitrogens with one attached hydrogen (secondary N) is 3. The van der Waals surface area contributed by atoms with E-state index in [2.05, 4.69) is 43.8 Å². The molecule has 3 aromatic carbocycles. The van der Waals surface area contributed by atoms with Crippen LogP contribution in [0.3, 0.4) is 0 Å². The summed E-state index contributed by atoms with van der Waals surface area (Å²) < 4.78 is 44.7. The number of piperidine rings is 3. The van der Waals surface area contributed by atoms with Crippen molar-refractivity contribution in [2.45, 2.75) is 113 Å². The number of fused-ring (bicyclic) bond motifs is 3. The van der Waals surface area contributed by atoms with Gasteiger partial charge in [0, 0.05) is 37.0 Å². The fourth-order valence-electron chi connectivity index (χ4n) is 10.4. The zero-order valence-electron chi connectivity index (χ0n) is 41.2. The summed E-state index contributed by atoms with van der Waals surface area (Å²) in [7, 11) is -3.59. The van der Waals surface area contributed by atoms with Gasteiger partial charge in [-0.05, 0) is 133 Å². The second-order valence-electron chi connectivity index (χ2n) is 19.9. The predicted octanol–water partition coefficient (Wildman–Crippen LogP) is 6.84. The van der Waals surface area contributed by atoms with Crippen molar-refractivity contribution >= 4 is 74.1 Å². The molecule has 3 saturated heterocycles. The monoisotopic (exact) mass is 1020 g/mol. The number of carbonyl (C=O) groups excluding carboxylic acids is 5. The number of imide groups is 2. The number of para-hydroxylation sites is 1. The molecule has 4 aromatic rings. The second kappa shape index (κ2) is 20.8. The molecular weight excluding hydrogens is 964 g/mol. The average molecular weight is 1030 g/mol. The number of hydrogen-bond acceptors (Lipinski definition) is 15. The minimum atomic E-state index is -3.59. The number of carbonyl (C=O) groups is 5. The van der Waals surface area contributed by atoms with Gasteiger partial charge in [-0.2, -0.15) is 4.98 Å². The Morgan fingerprint density at radius 1 is 0.931 bits per heavy atom. The molecule has 0 aliphatic carbocycles. The van der Waals surface area contributed by atoms with E-state index in [0.717, 1.165) is 48.5 Å².